The van der Waals surface area contributed by atoms with Crippen LogP contribution in [0.5, 0.6) is 0 Å². The van der Waals surface area contributed by atoms with Crippen LogP contribution in [-0.4, -0.2) is 16.9 Å². The highest BCUT2D eigenvalue weighted by Gasteiger charge is 2.26. The minimum Gasteiger partial charge on any atom is -0.366 e. The fourth-order valence-electron chi connectivity index (χ4n) is 3.41. The lowest BCUT2D eigenvalue weighted by Gasteiger charge is -2.34. The number of amides is 1. The van der Waals surface area contributed by atoms with Crippen LogP contribution in [0.25, 0.3) is 11.1 Å². The highest BCUT2D eigenvalue weighted by atomic mass is 16.1. The second-order valence-electron chi connectivity index (χ2n) is 7.84. The van der Waals surface area contributed by atoms with Gasteiger partial charge in [0.25, 0.3) is 0 Å². The van der Waals surface area contributed by atoms with Gasteiger partial charge in [-0.15, -0.1) is 0 Å². The van der Waals surface area contributed by atoms with Crippen molar-refractivity contribution >= 4 is 5.91 Å². The number of nitrogens with zero attached hydrogens (tertiary/aromatic N) is 1. The Morgan fingerprint density at radius 1 is 1.16 bits per heavy atom. The number of pyridine rings is 1. The smallest absolute Gasteiger partial charge is 0.250 e. The molecule has 4 nitrogen and oxygen atoms in total. The highest BCUT2D eigenvalue weighted by molar-refractivity contribution is 5.93. The van der Waals surface area contributed by atoms with Crippen molar-refractivity contribution in [1.29, 1.82) is 0 Å². The predicted octanol–water partition coefficient (Wildman–Crippen LogP) is 3.91. The Kier molecular flexibility index (Phi) is 5.19. The molecule has 1 aromatic carbocycles. The van der Waals surface area contributed by atoms with Crippen molar-refractivity contribution in [1.82, 2.24) is 10.3 Å². The van der Waals surface area contributed by atoms with Gasteiger partial charge in [-0.3, -0.25) is 9.78 Å². The van der Waals surface area contributed by atoms with Crippen molar-refractivity contribution in [2.45, 2.75) is 52.1 Å². The van der Waals surface area contributed by atoms with E-state index in [4.69, 9.17) is 5.73 Å². The fourth-order valence-corrected chi connectivity index (χ4v) is 3.41. The molecule has 1 fully saturated rings. The topological polar surface area (TPSA) is 68.0 Å². The third kappa shape index (κ3) is 4.67. The van der Waals surface area contributed by atoms with E-state index in [1.807, 2.05) is 0 Å². The summed E-state index contributed by atoms with van der Waals surface area (Å²) in [5.74, 6) is -0.453. The lowest BCUT2D eigenvalue weighted by Crippen LogP contribution is -2.35. The third-order valence-corrected chi connectivity index (χ3v) is 5.24. The molecule has 0 spiro atoms. The predicted molar refractivity (Wildman–Crippen MR) is 101 cm³/mol. The van der Waals surface area contributed by atoms with Gasteiger partial charge in [0.1, 0.15) is 0 Å². The highest BCUT2D eigenvalue weighted by Crippen LogP contribution is 2.35. The number of aromatic nitrogens is 1. The summed E-state index contributed by atoms with van der Waals surface area (Å²) in [6.07, 6.45) is 8.37. The van der Waals surface area contributed by atoms with Crippen LogP contribution >= 0.6 is 0 Å². The first kappa shape index (κ1) is 17.6. The van der Waals surface area contributed by atoms with Crippen molar-refractivity contribution in [3.63, 3.8) is 0 Å². The summed E-state index contributed by atoms with van der Waals surface area (Å²) >= 11 is 0. The van der Waals surface area contributed by atoms with Crippen LogP contribution in [0.4, 0.5) is 0 Å². The molecule has 3 rings (SSSR count). The average molecular weight is 337 g/mol. The van der Waals surface area contributed by atoms with Gasteiger partial charge >= 0.3 is 0 Å². The molecule has 132 valence electrons. The molecule has 0 bridgehead atoms. The molecule has 3 N–H and O–H groups in total. The summed E-state index contributed by atoms with van der Waals surface area (Å²) in [7, 11) is 0. The molecule has 1 saturated carbocycles. The van der Waals surface area contributed by atoms with E-state index < -0.39 is 5.91 Å². The molecule has 0 atom stereocenters. The maximum Gasteiger partial charge on any atom is 0.250 e. The zero-order valence-corrected chi connectivity index (χ0v) is 15.1. The number of carbonyl (C=O) groups is 1. The zero-order valence-electron chi connectivity index (χ0n) is 15.1. The van der Waals surface area contributed by atoms with E-state index in [-0.39, 0.29) is 0 Å². The van der Waals surface area contributed by atoms with Gasteiger partial charge in [0.05, 0.1) is 5.56 Å². The van der Waals surface area contributed by atoms with E-state index in [0.717, 1.165) is 17.7 Å². The Morgan fingerprint density at radius 2 is 1.84 bits per heavy atom. The van der Waals surface area contributed by atoms with Gasteiger partial charge in [0.2, 0.25) is 5.91 Å². The SMILES string of the molecule is CC1(C)CCC(NCc2ccc(-c3cncc(C(N)=O)c3)cc2)CC1. The summed E-state index contributed by atoms with van der Waals surface area (Å²) in [4.78, 5) is 15.4. The molecular weight excluding hydrogens is 310 g/mol. The number of hydrogen-bond acceptors (Lipinski definition) is 3. The molecular formula is C21H27N3O. The van der Waals surface area contributed by atoms with Crippen LogP contribution in [0.1, 0.15) is 55.5 Å². The molecule has 2 aromatic rings. The molecule has 1 aromatic heterocycles. The number of benzene rings is 1. The standard InChI is InChI=1S/C21H27N3O/c1-21(2)9-7-19(8-10-21)24-12-15-3-5-16(6-4-15)17-11-18(20(22)25)14-23-13-17/h3-6,11,13-14,19,24H,7-10,12H2,1-2H3,(H2,22,25). The van der Waals surface area contributed by atoms with E-state index in [9.17, 15) is 4.79 Å². The van der Waals surface area contributed by atoms with Crippen LogP contribution < -0.4 is 11.1 Å². The molecule has 1 amide bonds. The minimum absolute atomic E-state index is 0.434. The number of nitrogens with one attached hydrogen (secondary N) is 1. The van der Waals surface area contributed by atoms with Crippen molar-refractivity contribution in [3.8, 4) is 11.1 Å². The molecule has 25 heavy (non-hydrogen) atoms. The number of nitrogens with two attached hydrogens (primary N) is 1. The molecule has 0 saturated heterocycles. The van der Waals surface area contributed by atoms with Gasteiger partial charge < -0.3 is 11.1 Å². The Labute approximate surface area is 149 Å². The maximum atomic E-state index is 11.3. The van der Waals surface area contributed by atoms with Gasteiger partial charge in [-0.1, -0.05) is 38.1 Å². The van der Waals surface area contributed by atoms with Gasteiger partial charge in [-0.25, -0.2) is 0 Å². The first-order valence-corrected chi connectivity index (χ1v) is 9.00. The van der Waals surface area contributed by atoms with Crippen molar-refractivity contribution < 1.29 is 4.79 Å². The van der Waals surface area contributed by atoms with E-state index in [2.05, 4.69) is 48.4 Å². The molecule has 0 aliphatic heterocycles. The first-order valence-electron chi connectivity index (χ1n) is 9.00. The van der Waals surface area contributed by atoms with Gasteiger partial charge in [0, 0.05) is 30.5 Å². The van der Waals surface area contributed by atoms with Crippen LogP contribution in [0.3, 0.4) is 0 Å². The van der Waals surface area contributed by atoms with E-state index >= 15 is 0 Å². The van der Waals surface area contributed by atoms with Crippen LogP contribution in [0.15, 0.2) is 42.7 Å². The Balaban J connectivity index is 1.59. The van der Waals surface area contributed by atoms with E-state index in [0.29, 0.717) is 17.0 Å². The number of rotatable bonds is 5. The second kappa shape index (κ2) is 7.36. The first-order chi connectivity index (χ1) is 11.9. The van der Waals surface area contributed by atoms with E-state index in [1.54, 1.807) is 12.3 Å². The lowest BCUT2D eigenvalue weighted by molar-refractivity contribution is 0.1000. The largest absolute Gasteiger partial charge is 0.366 e. The fraction of sp³-hybridized carbons (Fsp3) is 0.429. The summed E-state index contributed by atoms with van der Waals surface area (Å²) in [5, 5.41) is 3.69. The summed E-state index contributed by atoms with van der Waals surface area (Å²) in [6, 6.07) is 10.8. The number of hydrogen-bond donors (Lipinski definition) is 2. The summed E-state index contributed by atoms with van der Waals surface area (Å²) < 4.78 is 0. The summed E-state index contributed by atoms with van der Waals surface area (Å²) in [6.45, 7) is 5.62. The maximum absolute atomic E-state index is 11.3. The van der Waals surface area contributed by atoms with Gasteiger partial charge in [-0.05, 0) is 48.3 Å². The normalized spacial score (nSPS) is 17.4. The average Bonchev–Trinajstić information content (AvgIpc) is 2.61. The molecule has 1 aliphatic carbocycles. The monoisotopic (exact) mass is 337 g/mol. The number of primary amides is 1. The molecule has 0 radical (unpaired) electrons. The molecule has 1 heterocycles. The lowest BCUT2D eigenvalue weighted by atomic mass is 9.75. The third-order valence-electron chi connectivity index (χ3n) is 5.24. The second-order valence-corrected chi connectivity index (χ2v) is 7.84. The van der Waals surface area contributed by atoms with Gasteiger partial charge in [-0.2, -0.15) is 0 Å². The van der Waals surface area contributed by atoms with E-state index in [1.165, 1.54) is 37.4 Å². The van der Waals surface area contributed by atoms with Crippen molar-refractivity contribution in [3.05, 3.63) is 53.9 Å². The Bertz CT molecular complexity index is 727. The van der Waals surface area contributed by atoms with Crippen molar-refractivity contribution in [2.75, 3.05) is 0 Å². The van der Waals surface area contributed by atoms with Crippen LogP contribution in [0.2, 0.25) is 0 Å². The number of carbonyl (C=O) groups excluding carboxylic acids is 1. The molecule has 4 heteroatoms. The van der Waals surface area contributed by atoms with Crippen LogP contribution in [0, 0.1) is 5.41 Å². The van der Waals surface area contributed by atoms with Gasteiger partial charge in [0.15, 0.2) is 0 Å². The Morgan fingerprint density at radius 3 is 2.48 bits per heavy atom. The molecule has 1 aliphatic rings. The summed E-state index contributed by atoms with van der Waals surface area (Å²) in [5.41, 5.74) is 9.48. The zero-order chi connectivity index (χ0) is 17.9. The van der Waals surface area contributed by atoms with Crippen molar-refractivity contribution in [2.24, 2.45) is 11.1 Å². The minimum atomic E-state index is -0.453. The quantitative estimate of drug-likeness (QED) is 0.869. The molecule has 0 unspecified atom stereocenters. The Hall–Kier alpha value is -2.20. The van der Waals surface area contributed by atoms with Crippen LogP contribution in [-0.2, 0) is 6.54 Å².